The molecule has 5 aliphatic rings. The summed E-state index contributed by atoms with van der Waals surface area (Å²) >= 11 is 0. The zero-order valence-corrected chi connectivity index (χ0v) is 26.7. The van der Waals surface area contributed by atoms with E-state index in [-0.39, 0.29) is 68.6 Å². The summed E-state index contributed by atoms with van der Waals surface area (Å²) in [5.74, 6) is 0.551. The molecule has 6 rings (SSSR count). The van der Waals surface area contributed by atoms with Crippen LogP contribution in [-0.4, -0.2) is 44.4 Å². The van der Waals surface area contributed by atoms with Gasteiger partial charge in [0.2, 0.25) is 5.91 Å². The van der Waals surface area contributed by atoms with Crippen molar-refractivity contribution in [2.75, 3.05) is 5.32 Å². The molecule has 1 amide bonds. The van der Waals surface area contributed by atoms with Gasteiger partial charge in [-0.15, -0.1) is 5.10 Å². The molecule has 4 fully saturated rings. The Bertz CT molecular complexity index is 1340. The maximum absolute atomic E-state index is 14.6. The highest BCUT2D eigenvalue weighted by molar-refractivity contribution is 5.96. The average molecular weight is 580 g/mol. The maximum Gasteiger partial charge on any atom is 0.302 e. The molecule has 42 heavy (non-hydrogen) atoms. The topological polar surface area (TPSA) is 127 Å². The van der Waals surface area contributed by atoms with E-state index in [1.54, 1.807) is 0 Å². The Kier molecular flexibility index (Phi) is 6.47. The molecule has 0 aliphatic heterocycles. The highest BCUT2D eigenvalue weighted by Crippen LogP contribution is 2.75. The summed E-state index contributed by atoms with van der Waals surface area (Å²) in [4.78, 5) is 40.1. The highest BCUT2D eigenvalue weighted by atomic mass is 16.5. The number of allylic oxidation sites excluding steroid dienone is 2. The van der Waals surface area contributed by atoms with Crippen molar-refractivity contribution >= 4 is 23.6 Å². The Labute approximate surface area is 249 Å². The van der Waals surface area contributed by atoms with Crippen LogP contribution in [0, 0.1) is 50.2 Å². The van der Waals surface area contributed by atoms with Crippen molar-refractivity contribution in [3.8, 4) is 0 Å². The summed E-state index contributed by atoms with van der Waals surface area (Å²) in [6.07, 6.45) is 10.2. The zero-order valence-electron chi connectivity index (χ0n) is 26.7. The molecule has 230 valence electrons. The molecule has 0 aromatic carbocycles. The van der Waals surface area contributed by atoms with E-state index in [9.17, 15) is 14.4 Å². The number of aromatic nitrogens is 4. The van der Waals surface area contributed by atoms with Gasteiger partial charge in [-0.1, -0.05) is 59.1 Å². The van der Waals surface area contributed by atoms with E-state index in [0.717, 1.165) is 51.4 Å². The number of nitrogens with zero attached hydrogens (tertiary/aromatic N) is 3. The van der Waals surface area contributed by atoms with E-state index < -0.39 is 5.41 Å². The molecule has 2 N–H and O–H groups in total. The van der Waals surface area contributed by atoms with E-state index in [0.29, 0.717) is 12.3 Å². The van der Waals surface area contributed by atoms with Crippen molar-refractivity contribution < 1.29 is 19.1 Å². The Morgan fingerprint density at radius 2 is 1.69 bits per heavy atom. The first-order valence-electron chi connectivity index (χ1n) is 16.0. The van der Waals surface area contributed by atoms with Gasteiger partial charge < -0.3 is 4.74 Å². The number of nitrogens with one attached hydrogen (secondary N) is 2. The number of esters is 1. The molecule has 0 bridgehead atoms. The first-order chi connectivity index (χ1) is 19.5. The molecule has 9 heteroatoms. The van der Waals surface area contributed by atoms with Crippen LogP contribution in [0.15, 0.2) is 11.6 Å². The second-order valence-corrected chi connectivity index (χ2v) is 16.4. The zero-order chi connectivity index (χ0) is 30.5. The van der Waals surface area contributed by atoms with Gasteiger partial charge in [0.05, 0.1) is 0 Å². The van der Waals surface area contributed by atoms with Gasteiger partial charge in [0.1, 0.15) is 6.10 Å². The Hall–Kier alpha value is -2.58. The average Bonchev–Trinajstić information content (AvgIpc) is 3.41. The van der Waals surface area contributed by atoms with E-state index in [1.807, 2.05) is 0 Å². The first kappa shape index (κ1) is 29.5. The van der Waals surface area contributed by atoms with Gasteiger partial charge in [-0.2, -0.15) is 5.21 Å². The normalized spacial score (nSPS) is 45.8. The molecule has 1 aromatic heterocycles. The SMILES string of the molecule is CC(=O)O[C@H]1CC[C@]2(C)[C@H]3C(=O)C=C4[C@@H]5C[C@@](C)(C(=O)Nc6nn[nH]n6)CC[C@]5(C)CC[C@@]4(C)[C@]3(C)CC[C@H]2C1(C)C. The number of H-pyrrole nitrogens is 1. The number of hydrogen-bond acceptors (Lipinski definition) is 7. The number of carbonyl (C=O) groups excluding carboxylic acids is 3. The third-order valence-corrected chi connectivity index (χ3v) is 13.9. The van der Waals surface area contributed by atoms with Crippen LogP contribution in [0.1, 0.15) is 113 Å². The minimum Gasteiger partial charge on any atom is -0.462 e. The van der Waals surface area contributed by atoms with Gasteiger partial charge in [-0.05, 0) is 103 Å². The molecule has 0 spiro atoms. The predicted molar refractivity (Wildman–Crippen MR) is 158 cm³/mol. The van der Waals surface area contributed by atoms with Crippen LogP contribution in [0.3, 0.4) is 0 Å². The van der Waals surface area contributed by atoms with Crippen LogP contribution in [0.25, 0.3) is 0 Å². The molecular weight excluding hydrogens is 530 g/mol. The number of aromatic amines is 1. The van der Waals surface area contributed by atoms with Crippen molar-refractivity contribution in [2.45, 2.75) is 119 Å². The first-order valence-corrected chi connectivity index (χ1v) is 16.0. The van der Waals surface area contributed by atoms with Crippen molar-refractivity contribution in [1.29, 1.82) is 0 Å². The molecule has 0 saturated heterocycles. The number of hydrogen-bond donors (Lipinski definition) is 2. The van der Waals surface area contributed by atoms with Crippen LogP contribution >= 0.6 is 0 Å². The van der Waals surface area contributed by atoms with Gasteiger partial charge >= 0.3 is 5.97 Å². The van der Waals surface area contributed by atoms with Crippen LogP contribution in [-0.2, 0) is 19.1 Å². The van der Waals surface area contributed by atoms with E-state index in [2.05, 4.69) is 80.5 Å². The molecular formula is C33H49N5O4. The minimum absolute atomic E-state index is 0.0614. The smallest absolute Gasteiger partial charge is 0.302 e. The van der Waals surface area contributed by atoms with Gasteiger partial charge in [0.25, 0.3) is 5.95 Å². The fraction of sp³-hybridized carbons (Fsp3) is 0.818. The van der Waals surface area contributed by atoms with Crippen molar-refractivity contribution in [1.82, 2.24) is 20.6 Å². The van der Waals surface area contributed by atoms with Gasteiger partial charge in [0.15, 0.2) is 5.78 Å². The number of fused-ring (bicyclic) bond motifs is 7. The minimum atomic E-state index is -0.590. The van der Waals surface area contributed by atoms with E-state index >= 15 is 0 Å². The molecule has 9 atom stereocenters. The van der Waals surface area contributed by atoms with Crippen molar-refractivity contribution in [3.63, 3.8) is 0 Å². The molecule has 0 radical (unpaired) electrons. The predicted octanol–water partition coefficient (Wildman–Crippen LogP) is 6.05. The van der Waals surface area contributed by atoms with E-state index in [4.69, 9.17) is 4.74 Å². The highest BCUT2D eigenvalue weighted by Gasteiger charge is 2.70. The summed E-state index contributed by atoms with van der Waals surface area (Å²) in [7, 11) is 0. The lowest BCUT2D eigenvalue weighted by Gasteiger charge is -2.70. The number of amides is 1. The van der Waals surface area contributed by atoms with Gasteiger partial charge in [-0.25, -0.2) is 0 Å². The fourth-order valence-corrected chi connectivity index (χ4v) is 11.2. The lowest BCUT2D eigenvalue weighted by Crippen LogP contribution is -2.66. The summed E-state index contributed by atoms with van der Waals surface area (Å²) in [5.41, 5.74) is 0.0943. The van der Waals surface area contributed by atoms with Crippen molar-refractivity contribution in [3.05, 3.63) is 11.6 Å². The largest absolute Gasteiger partial charge is 0.462 e. The Morgan fingerprint density at radius 1 is 0.976 bits per heavy atom. The lowest BCUT2D eigenvalue weighted by atomic mass is 9.33. The van der Waals surface area contributed by atoms with Crippen LogP contribution in [0.5, 0.6) is 0 Å². The van der Waals surface area contributed by atoms with Crippen LogP contribution in [0.2, 0.25) is 0 Å². The Morgan fingerprint density at radius 3 is 2.36 bits per heavy atom. The third kappa shape index (κ3) is 3.93. The monoisotopic (exact) mass is 579 g/mol. The van der Waals surface area contributed by atoms with Crippen LogP contribution < -0.4 is 5.32 Å². The van der Waals surface area contributed by atoms with E-state index in [1.165, 1.54) is 12.5 Å². The number of tetrazole rings is 1. The molecule has 5 aliphatic carbocycles. The summed E-state index contributed by atoms with van der Waals surface area (Å²) < 4.78 is 5.85. The molecule has 1 aromatic rings. The number of ether oxygens (including phenoxy) is 1. The lowest BCUT2D eigenvalue weighted by molar-refractivity contribution is -0.210. The summed E-state index contributed by atoms with van der Waals surface area (Å²) in [6.45, 7) is 17.6. The summed E-state index contributed by atoms with van der Waals surface area (Å²) in [5, 5.41) is 16.7. The Balaban J connectivity index is 1.36. The number of carbonyl (C=O) groups is 3. The van der Waals surface area contributed by atoms with Crippen molar-refractivity contribution in [2.24, 2.45) is 50.2 Å². The van der Waals surface area contributed by atoms with Crippen LogP contribution in [0.4, 0.5) is 5.95 Å². The summed E-state index contributed by atoms with van der Waals surface area (Å²) in [6, 6.07) is 0. The number of ketones is 1. The quantitative estimate of drug-likeness (QED) is 0.417. The maximum atomic E-state index is 14.6. The standard InChI is InChI=1S/C33H49N5O4/c1-19(39)42-24-10-11-31(6)23(28(24,2)3)9-12-33(8)25(31)22(40)17-20-21-18-30(5,26(41)34-27-35-37-38-36-27)14-13-29(21,4)15-16-32(20,33)7/h17,21,23-25H,9-16,18H2,1-8H3,(H2,34,35,36,37,38,41)/t21-,23-,24-,25+,29+,30-,31-,32+,33+/m0/s1. The molecule has 0 unspecified atom stereocenters. The number of anilines is 1. The van der Waals surface area contributed by atoms with Gasteiger partial charge in [0, 0.05) is 23.7 Å². The number of rotatable bonds is 3. The molecule has 1 heterocycles. The second-order valence-electron chi connectivity index (χ2n) is 16.4. The molecule has 9 nitrogen and oxygen atoms in total. The van der Waals surface area contributed by atoms with Gasteiger partial charge in [-0.3, -0.25) is 19.7 Å². The third-order valence-electron chi connectivity index (χ3n) is 13.9. The fourth-order valence-electron chi connectivity index (χ4n) is 11.2. The second kappa shape index (κ2) is 9.21. The molecule has 4 saturated carbocycles.